The van der Waals surface area contributed by atoms with Crippen LogP contribution in [0.15, 0.2) is 45.5 Å². The van der Waals surface area contributed by atoms with Crippen LogP contribution >= 0.6 is 31.9 Å². The first-order chi connectivity index (χ1) is 9.11. The first kappa shape index (κ1) is 14.5. The van der Waals surface area contributed by atoms with Crippen molar-refractivity contribution in [2.45, 2.75) is 12.5 Å². The largest absolute Gasteiger partial charge is 0.496 e. The Hall–Kier alpha value is -0.910. The molecule has 1 unspecified atom stereocenters. The fourth-order valence-corrected chi connectivity index (χ4v) is 2.78. The molecule has 3 nitrogen and oxygen atoms in total. The zero-order valence-corrected chi connectivity index (χ0v) is 13.5. The van der Waals surface area contributed by atoms with Crippen LogP contribution in [0.4, 0.5) is 0 Å². The summed E-state index contributed by atoms with van der Waals surface area (Å²) in [7, 11) is 1.62. The zero-order valence-electron chi connectivity index (χ0n) is 10.3. The van der Waals surface area contributed by atoms with Gasteiger partial charge in [0.1, 0.15) is 11.9 Å². The summed E-state index contributed by atoms with van der Waals surface area (Å²) in [4.78, 5) is 4.20. The highest BCUT2D eigenvalue weighted by atomic mass is 79.9. The molecule has 100 valence electrons. The predicted octanol–water partition coefficient (Wildman–Crippen LogP) is 3.89. The normalized spacial score (nSPS) is 12.2. The van der Waals surface area contributed by atoms with Crippen molar-refractivity contribution in [1.82, 2.24) is 4.98 Å². The second-order valence-electron chi connectivity index (χ2n) is 4.05. The summed E-state index contributed by atoms with van der Waals surface area (Å²) in [5, 5.41) is 10.3. The Morgan fingerprint density at radius 3 is 2.79 bits per heavy atom. The molecule has 1 atom stereocenters. The standard InChI is InChI=1S/C14H13Br2NO2/c1-19-13-5-4-10(15)7-9(13)8-12(18)14-11(16)3-2-6-17-14/h2-7,12,18H,8H2,1H3. The number of aliphatic hydroxyl groups is 1. The predicted molar refractivity (Wildman–Crippen MR) is 81.3 cm³/mol. The van der Waals surface area contributed by atoms with Gasteiger partial charge in [0.2, 0.25) is 0 Å². The van der Waals surface area contributed by atoms with E-state index in [4.69, 9.17) is 4.74 Å². The summed E-state index contributed by atoms with van der Waals surface area (Å²) in [6, 6.07) is 9.41. The van der Waals surface area contributed by atoms with Crippen molar-refractivity contribution in [3.8, 4) is 5.75 Å². The van der Waals surface area contributed by atoms with Crippen LogP contribution in [-0.4, -0.2) is 17.2 Å². The van der Waals surface area contributed by atoms with Gasteiger partial charge < -0.3 is 9.84 Å². The third kappa shape index (κ3) is 3.55. The SMILES string of the molecule is COc1ccc(Br)cc1CC(O)c1ncccc1Br. The molecule has 1 N–H and O–H groups in total. The lowest BCUT2D eigenvalue weighted by Gasteiger charge is -2.14. The summed E-state index contributed by atoms with van der Waals surface area (Å²) in [5.41, 5.74) is 1.56. The highest BCUT2D eigenvalue weighted by Gasteiger charge is 2.15. The number of aliphatic hydroxyl groups excluding tert-OH is 1. The van der Waals surface area contributed by atoms with Gasteiger partial charge in [0.15, 0.2) is 0 Å². The maximum Gasteiger partial charge on any atom is 0.122 e. The lowest BCUT2D eigenvalue weighted by atomic mass is 10.0. The molecule has 2 aromatic rings. The average Bonchev–Trinajstić information content (AvgIpc) is 2.39. The second kappa shape index (κ2) is 6.50. The minimum absolute atomic E-state index is 0.443. The Kier molecular flexibility index (Phi) is 4.96. The van der Waals surface area contributed by atoms with E-state index in [-0.39, 0.29) is 0 Å². The Labute approximate surface area is 128 Å². The van der Waals surface area contributed by atoms with Crippen LogP contribution in [0.25, 0.3) is 0 Å². The molecule has 0 aliphatic heterocycles. The topological polar surface area (TPSA) is 42.4 Å². The average molecular weight is 387 g/mol. The minimum atomic E-state index is -0.682. The summed E-state index contributed by atoms with van der Waals surface area (Å²) in [5.74, 6) is 0.759. The number of nitrogens with zero attached hydrogens (tertiary/aromatic N) is 1. The van der Waals surface area contributed by atoms with Crippen molar-refractivity contribution < 1.29 is 9.84 Å². The first-order valence-electron chi connectivity index (χ1n) is 5.72. The maximum absolute atomic E-state index is 10.3. The molecule has 1 aromatic carbocycles. The van der Waals surface area contributed by atoms with Crippen molar-refractivity contribution in [2.24, 2.45) is 0 Å². The molecule has 0 spiro atoms. The molecule has 2 rings (SSSR count). The molecule has 0 amide bonds. The summed E-state index contributed by atoms with van der Waals surface area (Å²) < 4.78 is 7.06. The lowest BCUT2D eigenvalue weighted by molar-refractivity contribution is 0.171. The zero-order chi connectivity index (χ0) is 13.8. The second-order valence-corrected chi connectivity index (χ2v) is 5.82. The Bertz CT molecular complexity index is 575. The molecule has 0 radical (unpaired) electrons. The van der Waals surface area contributed by atoms with Crippen molar-refractivity contribution in [2.75, 3.05) is 7.11 Å². The highest BCUT2D eigenvalue weighted by Crippen LogP contribution is 2.29. The Morgan fingerprint density at radius 2 is 2.11 bits per heavy atom. The van der Waals surface area contributed by atoms with Gasteiger partial charge in [-0.15, -0.1) is 0 Å². The van der Waals surface area contributed by atoms with Crippen LogP contribution in [0.1, 0.15) is 17.4 Å². The van der Waals surface area contributed by atoms with Gasteiger partial charge in [-0.1, -0.05) is 15.9 Å². The van der Waals surface area contributed by atoms with E-state index in [1.807, 2.05) is 30.3 Å². The summed E-state index contributed by atoms with van der Waals surface area (Å²) in [6.45, 7) is 0. The van der Waals surface area contributed by atoms with Crippen LogP contribution in [-0.2, 0) is 6.42 Å². The molecule has 0 aliphatic carbocycles. The molecule has 0 fully saturated rings. The van der Waals surface area contributed by atoms with Crippen molar-refractivity contribution in [3.05, 3.63) is 56.7 Å². The molecule has 0 saturated heterocycles. The number of benzene rings is 1. The molecule has 0 bridgehead atoms. The number of hydrogen-bond acceptors (Lipinski definition) is 3. The van der Waals surface area contributed by atoms with Crippen molar-refractivity contribution >= 4 is 31.9 Å². The summed E-state index contributed by atoms with van der Waals surface area (Å²) in [6.07, 6.45) is 1.43. The van der Waals surface area contributed by atoms with Crippen LogP contribution in [0.3, 0.4) is 0 Å². The highest BCUT2D eigenvalue weighted by molar-refractivity contribution is 9.10. The van der Waals surface area contributed by atoms with Gasteiger partial charge in [-0.3, -0.25) is 4.98 Å². The van der Waals surface area contributed by atoms with Gasteiger partial charge in [0.05, 0.1) is 12.8 Å². The fourth-order valence-electron chi connectivity index (χ4n) is 1.85. The number of halogens is 2. The van der Waals surface area contributed by atoms with Gasteiger partial charge in [0.25, 0.3) is 0 Å². The van der Waals surface area contributed by atoms with Crippen LogP contribution in [0.2, 0.25) is 0 Å². The van der Waals surface area contributed by atoms with Crippen LogP contribution in [0.5, 0.6) is 5.75 Å². The molecule has 0 aliphatic rings. The van der Waals surface area contributed by atoms with Crippen molar-refractivity contribution in [1.29, 1.82) is 0 Å². The van der Waals surface area contributed by atoms with E-state index in [0.717, 1.165) is 20.3 Å². The quantitative estimate of drug-likeness (QED) is 0.866. The van der Waals surface area contributed by atoms with E-state index >= 15 is 0 Å². The molecular formula is C14H13Br2NO2. The third-order valence-electron chi connectivity index (χ3n) is 2.76. The molecule has 1 aromatic heterocycles. The van der Waals surface area contributed by atoms with E-state index in [2.05, 4.69) is 36.8 Å². The van der Waals surface area contributed by atoms with Crippen molar-refractivity contribution in [3.63, 3.8) is 0 Å². The van der Waals surface area contributed by atoms with Gasteiger partial charge in [-0.25, -0.2) is 0 Å². The number of ether oxygens (including phenoxy) is 1. The van der Waals surface area contributed by atoms with E-state index in [1.54, 1.807) is 13.3 Å². The van der Waals surface area contributed by atoms with E-state index < -0.39 is 6.10 Å². The van der Waals surface area contributed by atoms with Gasteiger partial charge >= 0.3 is 0 Å². The molecule has 19 heavy (non-hydrogen) atoms. The number of methoxy groups -OCH3 is 1. The molecule has 1 heterocycles. The number of hydrogen-bond donors (Lipinski definition) is 1. The van der Waals surface area contributed by atoms with Gasteiger partial charge in [-0.05, 0) is 51.8 Å². The summed E-state index contributed by atoms with van der Waals surface area (Å²) >= 11 is 6.82. The van der Waals surface area contributed by atoms with E-state index in [0.29, 0.717) is 12.1 Å². The molecular weight excluding hydrogens is 374 g/mol. The Morgan fingerprint density at radius 1 is 1.32 bits per heavy atom. The monoisotopic (exact) mass is 385 g/mol. The van der Waals surface area contributed by atoms with Crippen LogP contribution in [0, 0.1) is 0 Å². The lowest BCUT2D eigenvalue weighted by Crippen LogP contribution is -2.06. The smallest absolute Gasteiger partial charge is 0.122 e. The number of aromatic nitrogens is 1. The Balaban J connectivity index is 2.26. The van der Waals surface area contributed by atoms with Crippen LogP contribution < -0.4 is 4.74 Å². The number of pyridine rings is 1. The molecule has 5 heteroatoms. The number of rotatable bonds is 4. The maximum atomic E-state index is 10.3. The first-order valence-corrected chi connectivity index (χ1v) is 7.31. The van der Waals surface area contributed by atoms with Gasteiger partial charge in [0, 0.05) is 21.6 Å². The van der Waals surface area contributed by atoms with E-state index in [1.165, 1.54) is 0 Å². The molecule has 0 saturated carbocycles. The minimum Gasteiger partial charge on any atom is -0.496 e. The third-order valence-corrected chi connectivity index (χ3v) is 3.92. The fraction of sp³-hybridized carbons (Fsp3) is 0.214. The van der Waals surface area contributed by atoms with Gasteiger partial charge in [-0.2, -0.15) is 0 Å². The van der Waals surface area contributed by atoms with E-state index in [9.17, 15) is 5.11 Å².